The molecule has 0 aromatic heterocycles. The fourth-order valence-electron chi connectivity index (χ4n) is 2.78. The summed E-state index contributed by atoms with van der Waals surface area (Å²) in [6, 6.07) is 17.9. The molecule has 0 saturated carbocycles. The van der Waals surface area contributed by atoms with Crippen molar-refractivity contribution < 1.29 is 0 Å². The van der Waals surface area contributed by atoms with E-state index in [1.165, 1.54) is 22.3 Å². The van der Waals surface area contributed by atoms with Crippen LogP contribution in [0.15, 0.2) is 48.5 Å². The van der Waals surface area contributed by atoms with Gasteiger partial charge < -0.3 is 0 Å². The number of hydrogen-bond donors (Lipinski definition) is 0. The Bertz CT molecular complexity index is 529. The maximum Gasteiger partial charge on any atom is 0.0244 e. The van der Waals surface area contributed by atoms with Gasteiger partial charge in [0.1, 0.15) is 0 Å². The maximum atomic E-state index is 2.51. The summed E-state index contributed by atoms with van der Waals surface area (Å²) in [4.78, 5) is 2.51. The average Bonchev–Trinajstić information content (AvgIpc) is 2.81. The van der Waals surface area contributed by atoms with Gasteiger partial charge in [-0.15, -0.1) is 0 Å². The van der Waals surface area contributed by atoms with Gasteiger partial charge in [-0.05, 0) is 28.2 Å². The first-order valence-electron chi connectivity index (χ1n) is 7.10. The lowest BCUT2D eigenvalue weighted by atomic mass is 10.0. The molecule has 0 atom stereocenters. The Morgan fingerprint density at radius 1 is 0.895 bits per heavy atom. The van der Waals surface area contributed by atoms with Crippen LogP contribution >= 0.6 is 0 Å². The van der Waals surface area contributed by atoms with Crippen molar-refractivity contribution in [2.45, 2.75) is 39.4 Å². The van der Waals surface area contributed by atoms with Crippen molar-refractivity contribution in [3.8, 4) is 0 Å². The van der Waals surface area contributed by atoms with E-state index in [0.29, 0.717) is 5.92 Å². The quantitative estimate of drug-likeness (QED) is 0.785. The molecule has 0 amide bonds. The highest BCUT2D eigenvalue weighted by atomic mass is 15.1. The summed E-state index contributed by atoms with van der Waals surface area (Å²) in [5, 5.41) is 0. The van der Waals surface area contributed by atoms with Crippen molar-refractivity contribution in [1.82, 2.24) is 4.90 Å². The molecule has 1 nitrogen and oxygen atoms in total. The second kappa shape index (κ2) is 5.18. The van der Waals surface area contributed by atoms with Gasteiger partial charge in [-0.3, -0.25) is 4.90 Å². The SMILES string of the molecule is CC(C)c1ccc(CN2Cc3ccccc3C2)cc1. The maximum absolute atomic E-state index is 2.51. The highest BCUT2D eigenvalue weighted by Crippen LogP contribution is 2.24. The molecule has 19 heavy (non-hydrogen) atoms. The van der Waals surface area contributed by atoms with Gasteiger partial charge in [-0.25, -0.2) is 0 Å². The lowest BCUT2D eigenvalue weighted by Gasteiger charge is -2.15. The molecule has 0 saturated heterocycles. The van der Waals surface area contributed by atoms with E-state index in [1.807, 2.05) is 0 Å². The van der Waals surface area contributed by atoms with Crippen LogP contribution in [0.5, 0.6) is 0 Å². The Kier molecular flexibility index (Phi) is 3.39. The Balaban J connectivity index is 1.67. The van der Waals surface area contributed by atoms with Gasteiger partial charge in [-0.1, -0.05) is 62.4 Å². The van der Waals surface area contributed by atoms with Crippen molar-refractivity contribution in [3.63, 3.8) is 0 Å². The Morgan fingerprint density at radius 2 is 1.47 bits per heavy atom. The summed E-state index contributed by atoms with van der Waals surface area (Å²) >= 11 is 0. The predicted octanol–water partition coefficient (Wildman–Crippen LogP) is 4.33. The van der Waals surface area contributed by atoms with E-state index < -0.39 is 0 Å². The van der Waals surface area contributed by atoms with Crippen LogP contribution < -0.4 is 0 Å². The van der Waals surface area contributed by atoms with E-state index >= 15 is 0 Å². The van der Waals surface area contributed by atoms with Crippen LogP contribution in [0.4, 0.5) is 0 Å². The zero-order valence-electron chi connectivity index (χ0n) is 11.8. The van der Waals surface area contributed by atoms with Gasteiger partial charge in [-0.2, -0.15) is 0 Å². The lowest BCUT2D eigenvalue weighted by Crippen LogP contribution is -2.15. The fourth-order valence-corrected chi connectivity index (χ4v) is 2.78. The smallest absolute Gasteiger partial charge is 0.0244 e. The van der Waals surface area contributed by atoms with Crippen molar-refractivity contribution in [2.24, 2.45) is 0 Å². The Morgan fingerprint density at radius 3 is 2.00 bits per heavy atom. The fraction of sp³-hybridized carbons (Fsp3) is 0.333. The van der Waals surface area contributed by atoms with Crippen LogP contribution in [0, 0.1) is 0 Å². The van der Waals surface area contributed by atoms with Crippen molar-refractivity contribution >= 4 is 0 Å². The van der Waals surface area contributed by atoms with Crippen molar-refractivity contribution in [3.05, 3.63) is 70.8 Å². The molecule has 2 aromatic rings. The number of fused-ring (bicyclic) bond motifs is 1. The van der Waals surface area contributed by atoms with Crippen LogP contribution in [0.3, 0.4) is 0 Å². The number of rotatable bonds is 3. The molecule has 1 aliphatic heterocycles. The van der Waals surface area contributed by atoms with Crippen molar-refractivity contribution in [1.29, 1.82) is 0 Å². The summed E-state index contributed by atoms with van der Waals surface area (Å²) in [5.41, 5.74) is 5.81. The molecular weight excluding hydrogens is 230 g/mol. The molecular formula is C18H21N. The third kappa shape index (κ3) is 2.71. The van der Waals surface area contributed by atoms with E-state index in [9.17, 15) is 0 Å². The zero-order chi connectivity index (χ0) is 13.2. The molecule has 0 bridgehead atoms. The second-order valence-electron chi connectivity index (χ2n) is 5.81. The summed E-state index contributed by atoms with van der Waals surface area (Å²) < 4.78 is 0. The molecule has 3 rings (SSSR count). The molecule has 0 radical (unpaired) electrons. The summed E-state index contributed by atoms with van der Waals surface area (Å²) in [6.07, 6.45) is 0. The lowest BCUT2D eigenvalue weighted by molar-refractivity contribution is 0.275. The summed E-state index contributed by atoms with van der Waals surface area (Å²) in [5.74, 6) is 0.616. The third-order valence-corrected chi connectivity index (χ3v) is 3.96. The highest BCUT2D eigenvalue weighted by molar-refractivity contribution is 5.31. The number of benzene rings is 2. The monoisotopic (exact) mass is 251 g/mol. The minimum atomic E-state index is 0.616. The largest absolute Gasteiger partial charge is 0.291 e. The van der Waals surface area contributed by atoms with E-state index in [2.05, 4.69) is 67.3 Å². The standard InChI is InChI=1S/C18H21N/c1-14(2)16-9-7-15(8-10-16)11-19-12-17-5-3-4-6-18(17)13-19/h3-10,14H,11-13H2,1-2H3. The van der Waals surface area contributed by atoms with Crippen LogP contribution in [0.25, 0.3) is 0 Å². The van der Waals surface area contributed by atoms with E-state index in [4.69, 9.17) is 0 Å². The highest BCUT2D eigenvalue weighted by Gasteiger charge is 2.17. The molecule has 0 aliphatic carbocycles. The van der Waals surface area contributed by atoms with Crippen molar-refractivity contribution in [2.75, 3.05) is 0 Å². The summed E-state index contributed by atoms with van der Waals surface area (Å²) in [6.45, 7) is 7.70. The first-order chi connectivity index (χ1) is 9.22. The van der Waals surface area contributed by atoms with Gasteiger partial charge in [0, 0.05) is 19.6 Å². The first kappa shape index (κ1) is 12.4. The van der Waals surface area contributed by atoms with Gasteiger partial charge in [0.15, 0.2) is 0 Å². The Labute approximate surface area is 115 Å². The molecule has 0 unspecified atom stereocenters. The molecule has 0 spiro atoms. The van der Waals surface area contributed by atoms with Crippen LogP contribution in [0.2, 0.25) is 0 Å². The van der Waals surface area contributed by atoms with Gasteiger partial charge in [0.05, 0.1) is 0 Å². The molecule has 0 fully saturated rings. The minimum Gasteiger partial charge on any atom is -0.291 e. The van der Waals surface area contributed by atoms with Gasteiger partial charge in [0.2, 0.25) is 0 Å². The first-order valence-corrected chi connectivity index (χ1v) is 7.10. The normalized spacial score (nSPS) is 14.9. The topological polar surface area (TPSA) is 3.24 Å². The zero-order valence-corrected chi connectivity index (χ0v) is 11.8. The van der Waals surface area contributed by atoms with Gasteiger partial charge in [0.25, 0.3) is 0 Å². The van der Waals surface area contributed by atoms with E-state index in [-0.39, 0.29) is 0 Å². The predicted molar refractivity (Wildman–Crippen MR) is 79.9 cm³/mol. The van der Waals surface area contributed by atoms with E-state index in [1.54, 1.807) is 0 Å². The number of hydrogen-bond acceptors (Lipinski definition) is 1. The molecule has 98 valence electrons. The molecule has 0 N–H and O–H groups in total. The minimum absolute atomic E-state index is 0.616. The number of nitrogens with zero attached hydrogens (tertiary/aromatic N) is 1. The second-order valence-corrected chi connectivity index (χ2v) is 5.81. The molecule has 1 heterocycles. The van der Waals surface area contributed by atoms with Crippen LogP contribution in [0.1, 0.15) is 42.0 Å². The van der Waals surface area contributed by atoms with Crippen LogP contribution in [-0.2, 0) is 19.6 Å². The molecule has 1 heteroatoms. The van der Waals surface area contributed by atoms with E-state index in [0.717, 1.165) is 19.6 Å². The third-order valence-electron chi connectivity index (χ3n) is 3.96. The average molecular weight is 251 g/mol. The molecule has 2 aromatic carbocycles. The molecule has 1 aliphatic rings. The van der Waals surface area contributed by atoms with Gasteiger partial charge >= 0.3 is 0 Å². The Hall–Kier alpha value is -1.60. The van der Waals surface area contributed by atoms with Crippen LogP contribution in [-0.4, -0.2) is 4.90 Å². The summed E-state index contributed by atoms with van der Waals surface area (Å²) in [7, 11) is 0.